The predicted octanol–water partition coefficient (Wildman–Crippen LogP) is 1.59. The van der Waals surface area contributed by atoms with Crippen molar-refractivity contribution in [1.82, 2.24) is 5.32 Å². The van der Waals surface area contributed by atoms with Gasteiger partial charge < -0.3 is 5.32 Å². The molecular weight excluding hydrogens is 150 g/mol. The molecule has 0 rings (SSSR count). The van der Waals surface area contributed by atoms with E-state index in [0.717, 1.165) is 6.29 Å². The van der Waals surface area contributed by atoms with E-state index in [1.807, 2.05) is 0 Å². The van der Waals surface area contributed by atoms with E-state index >= 15 is 0 Å². The van der Waals surface area contributed by atoms with Gasteiger partial charge in [0.05, 0.1) is 0 Å². The highest BCUT2D eigenvalue weighted by atomic mass is 16.1. The predicted molar refractivity (Wildman–Crippen MR) is 51.7 cm³/mol. The molecule has 0 aromatic heterocycles. The zero-order valence-electron chi connectivity index (χ0n) is 7.26. The van der Waals surface area contributed by atoms with Gasteiger partial charge in [-0.25, -0.2) is 0 Å². The lowest BCUT2D eigenvalue weighted by atomic mass is 10.1. The van der Waals surface area contributed by atoms with E-state index in [1.54, 1.807) is 13.1 Å². The molecule has 2 nitrogen and oxygen atoms in total. The van der Waals surface area contributed by atoms with Gasteiger partial charge >= 0.3 is 0 Å². The Hall–Kier alpha value is -1.57. The highest BCUT2D eigenvalue weighted by Crippen LogP contribution is 2.11. The van der Waals surface area contributed by atoms with Crippen molar-refractivity contribution in [2.45, 2.75) is 0 Å². The van der Waals surface area contributed by atoms with Crippen molar-refractivity contribution < 1.29 is 4.79 Å². The van der Waals surface area contributed by atoms with Crippen molar-refractivity contribution in [3.05, 3.63) is 48.7 Å². The van der Waals surface area contributed by atoms with Crippen LogP contribution in [0.15, 0.2) is 48.7 Å². The van der Waals surface area contributed by atoms with Crippen LogP contribution in [0.2, 0.25) is 0 Å². The van der Waals surface area contributed by atoms with Gasteiger partial charge in [-0.3, -0.25) is 4.79 Å². The maximum atomic E-state index is 10.5. The fraction of sp³-hybridized carbons (Fsp3) is 0.100. The molecule has 0 heterocycles. The van der Waals surface area contributed by atoms with Gasteiger partial charge in [0, 0.05) is 23.9 Å². The molecule has 0 unspecified atom stereocenters. The van der Waals surface area contributed by atoms with Gasteiger partial charge in [-0.15, -0.1) is 0 Å². The van der Waals surface area contributed by atoms with Crippen LogP contribution in [0.3, 0.4) is 0 Å². The highest BCUT2D eigenvalue weighted by molar-refractivity contribution is 5.81. The Morgan fingerprint density at radius 1 is 1.33 bits per heavy atom. The third kappa shape index (κ3) is 2.23. The molecule has 0 bridgehead atoms. The van der Waals surface area contributed by atoms with Crippen LogP contribution in [0.25, 0.3) is 0 Å². The van der Waals surface area contributed by atoms with Crippen molar-refractivity contribution in [1.29, 1.82) is 0 Å². The Morgan fingerprint density at radius 2 is 1.92 bits per heavy atom. The van der Waals surface area contributed by atoms with Crippen LogP contribution >= 0.6 is 0 Å². The monoisotopic (exact) mass is 163 g/mol. The van der Waals surface area contributed by atoms with E-state index < -0.39 is 0 Å². The lowest BCUT2D eigenvalue weighted by Gasteiger charge is -2.06. The Labute approximate surface area is 73.0 Å². The van der Waals surface area contributed by atoms with Crippen molar-refractivity contribution in [3.8, 4) is 0 Å². The molecule has 0 spiro atoms. The largest absolute Gasteiger partial charge is 0.388 e. The number of likely N-dealkylation sites (N-methyl/N-ethyl adjacent to an activating group) is 1. The lowest BCUT2D eigenvalue weighted by Crippen LogP contribution is -2.07. The van der Waals surface area contributed by atoms with Gasteiger partial charge in [0.1, 0.15) is 0 Å². The number of carbonyl (C=O) groups excluding carboxylic acids is 1. The van der Waals surface area contributed by atoms with Crippen molar-refractivity contribution in [2.24, 2.45) is 0 Å². The Morgan fingerprint density at radius 3 is 2.17 bits per heavy atom. The van der Waals surface area contributed by atoms with Gasteiger partial charge in [-0.1, -0.05) is 31.9 Å². The molecule has 0 aliphatic heterocycles. The number of hydrogen-bond acceptors (Lipinski definition) is 2. The molecule has 0 aromatic carbocycles. The first-order valence-corrected chi connectivity index (χ1v) is 3.52. The fourth-order valence-corrected chi connectivity index (χ4v) is 0.772. The minimum atomic E-state index is 0.490. The van der Waals surface area contributed by atoms with Crippen LogP contribution in [-0.2, 0) is 4.79 Å². The molecule has 2 heteroatoms. The molecule has 12 heavy (non-hydrogen) atoms. The van der Waals surface area contributed by atoms with Gasteiger partial charge in [0.2, 0.25) is 0 Å². The standard InChI is InChI=1S/C10H13NO/c1-5-9(7-12)10(6-2)8(3)11-4/h5-7,11H,1-3H2,4H3/b10-9-. The molecule has 0 aliphatic carbocycles. The Bertz CT molecular complexity index is 239. The number of allylic oxidation sites excluding steroid dienone is 3. The number of carbonyl (C=O) groups is 1. The second-order valence-corrected chi connectivity index (χ2v) is 2.12. The number of aldehydes is 1. The van der Waals surface area contributed by atoms with Crippen LogP contribution in [0.5, 0.6) is 0 Å². The SMILES string of the molecule is C=C/C(C=O)=C(\C=C)C(=C)NC. The molecular formula is C10H13NO. The molecule has 1 N–H and O–H groups in total. The summed E-state index contributed by atoms with van der Waals surface area (Å²) in [5.41, 5.74) is 1.83. The second kappa shape index (κ2) is 5.13. The molecule has 0 atom stereocenters. The molecule has 0 amide bonds. The molecule has 0 saturated carbocycles. The zero-order valence-corrected chi connectivity index (χ0v) is 7.26. The normalized spacial score (nSPS) is 11.1. The maximum Gasteiger partial charge on any atom is 0.150 e. The number of nitrogens with one attached hydrogen (secondary N) is 1. The first-order valence-electron chi connectivity index (χ1n) is 3.52. The molecule has 64 valence electrons. The minimum Gasteiger partial charge on any atom is -0.388 e. The fourth-order valence-electron chi connectivity index (χ4n) is 0.772. The number of rotatable bonds is 5. The summed E-state index contributed by atoms with van der Waals surface area (Å²) in [5, 5.41) is 2.83. The van der Waals surface area contributed by atoms with E-state index in [0.29, 0.717) is 16.8 Å². The average Bonchev–Trinajstić information content (AvgIpc) is 2.12. The van der Waals surface area contributed by atoms with Crippen molar-refractivity contribution in [2.75, 3.05) is 7.05 Å². The smallest absolute Gasteiger partial charge is 0.150 e. The summed E-state index contributed by atoms with van der Waals surface area (Å²) in [6.45, 7) is 10.8. The second-order valence-electron chi connectivity index (χ2n) is 2.12. The summed E-state index contributed by atoms with van der Waals surface area (Å²) >= 11 is 0. The number of hydrogen-bond donors (Lipinski definition) is 1. The van der Waals surface area contributed by atoms with Crippen LogP contribution in [-0.4, -0.2) is 13.3 Å². The van der Waals surface area contributed by atoms with Gasteiger partial charge in [-0.2, -0.15) is 0 Å². The summed E-state index contributed by atoms with van der Waals surface area (Å²) < 4.78 is 0. The Kier molecular flexibility index (Phi) is 4.46. The third-order valence-electron chi connectivity index (χ3n) is 1.49. The zero-order chi connectivity index (χ0) is 9.56. The lowest BCUT2D eigenvalue weighted by molar-refractivity contribution is -0.104. The summed E-state index contributed by atoms with van der Waals surface area (Å²) in [4.78, 5) is 10.5. The first-order chi connectivity index (χ1) is 5.71. The van der Waals surface area contributed by atoms with Crippen LogP contribution in [0.1, 0.15) is 0 Å². The van der Waals surface area contributed by atoms with E-state index in [-0.39, 0.29) is 0 Å². The molecule has 0 fully saturated rings. The summed E-state index contributed by atoms with van der Waals surface area (Å²) in [5.74, 6) is 0. The summed E-state index contributed by atoms with van der Waals surface area (Å²) in [6.07, 6.45) is 3.78. The van der Waals surface area contributed by atoms with E-state index in [9.17, 15) is 4.79 Å². The average molecular weight is 163 g/mol. The van der Waals surface area contributed by atoms with E-state index in [1.165, 1.54) is 6.08 Å². The molecule has 0 aliphatic rings. The van der Waals surface area contributed by atoms with Gasteiger partial charge in [0.25, 0.3) is 0 Å². The molecule has 0 aromatic rings. The quantitative estimate of drug-likeness (QED) is 0.379. The Balaban J connectivity index is 5.07. The van der Waals surface area contributed by atoms with Crippen molar-refractivity contribution in [3.63, 3.8) is 0 Å². The van der Waals surface area contributed by atoms with Gasteiger partial charge in [0.15, 0.2) is 6.29 Å². The van der Waals surface area contributed by atoms with Crippen LogP contribution < -0.4 is 5.32 Å². The van der Waals surface area contributed by atoms with Crippen LogP contribution in [0, 0.1) is 0 Å². The maximum absolute atomic E-state index is 10.5. The first kappa shape index (κ1) is 10.4. The summed E-state index contributed by atoms with van der Waals surface area (Å²) in [6, 6.07) is 0. The third-order valence-corrected chi connectivity index (χ3v) is 1.49. The van der Waals surface area contributed by atoms with Gasteiger partial charge in [-0.05, 0) is 0 Å². The van der Waals surface area contributed by atoms with E-state index in [4.69, 9.17) is 0 Å². The molecule has 0 radical (unpaired) electrons. The van der Waals surface area contributed by atoms with Crippen molar-refractivity contribution >= 4 is 6.29 Å². The highest BCUT2D eigenvalue weighted by Gasteiger charge is 2.01. The minimum absolute atomic E-state index is 0.490. The molecule has 0 saturated heterocycles. The topological polar surface area (TPSA) is 29.1 Å². The summed E-state index contributed by atoms with van der Waals surface area (Å²) in [7, 11) is 1.73. The van der Waals surface area contributed by atoms with E-state index in [2.05, 4.69) is 25.1 Å². The van der Waals surface area contributed by atoms with Crippen LogP contribution in [0.4, 0.5) is 0 Å².